The molecule has 0 unspecified atom stereocenters. The van der Waals surface area contributed by atoms with Crippen molar-refractivity contribution in [2.45, 2.75) is 13.8 Å². The lowest BCUT2D eigenvalue weighted by atomic mass is 9.89. The summed E-state index contributed by atoms with van der Waals surface area (Å²) in [5.74, 6) is -0.683. The first-order chi connectivity index (χ1) is 5.52. The van der Waals surface area contributed by atoms with Gasteiger partial charge in [-0.3, -0.25) is 4.79 Å². The Morgan fingerprint density at radius 1 is 1.50 bits per heavy atom. The van der Waals surface area contributed by atoms with E-state index < -0.39 is 5.82 Å². The number of hydrogen-bond acceptors (Lipinski definition) is 1. The molecule has 2 radical (unpaired) electrons. The number of Topliss-reactive ketones (excluding diaryl/α,β-unsaturated/α-hetero) is 1. The summed E-state index contributed by atoms with van der Waals surface area (Å²) in [5, 5.41) is 0. The summed E-state index contributed by atoms with van der Waals surface area (Å²) < 4.78 is 12.9. The van der Waals surface area contributed by atoms with Gasteiger partial charge >= 0.3 is 0 Å². The first kappa shape index (κ1) is 8.98. The molecular formula is C9H8BFO. The van der Waals surface area contributed by atoms with Crippen molar-refractivity contribution in [1.82, 2.24) is 0 Å². The van der Waals surface area contributed by atoms with Crippen LogP contribution in [-0.2, 0) is 0 Å². The standard InChI is InChI=1S/C9H8BFO/c1-5-3-7(6(2)12)4-8(11)9(5)10/h3-4H,1-2H3. The second-order valence-electron chi connectivity index (χ2n) is 2.74. The summed E-state index contributed by atoms with van der Waals surface area (Å²) in [6.45, 7) is 3.06. The second-order valence-corrected chi connectivity index (χ2v) is 2.74. The van der Waals surface area contributed by atoms with Crippen molar-refractivity contribution < 1.29 is 9.18 Å². The molecule has 1 rings (SSSR count). The van der Waals surface area contributed by atoms with Gasteiger partial charge in [0.1, 0.15) is 13.7 Å². The molecule has 0 saturated heterocycles. The lowest BCUT2D eigenvalue weighted by Crippen LogP contribution is -2.14. The Hall–Kier alpha value is -1.12. The molecule has 0 saturated carbocycles. The van der Waals surface area contributed by atoms with E-state index in [4.69, 9.17) is 7.85 Å². The number of ketones is 1. The number of benzene rings is 1. The summed E-state index contributed by atoms with van der Waals surface area (Å²) in [6, 6.07) is 2.74. The molecule has 0 bridgehead atoms. The van der Waals surface area contributed by atoms with E-state index in [2.05, 4.69) is 0 Å². The predicted octanol–water partition coefficient (Wildman–Crippen LogP) is 1.13. The molecule has 0 fully saturated rings. The molecule has 0 aliphatic carbocycles. The Kier molecular flexibility index (Phi) is 2.31. The van der Waals surface area contributed by atoms with Crippen LogP contribution in [0.5, 0.6) is 0 Å². The van der Waals surface area contributed by atoms with E-state index >= 15 is 0 Å². The zero-order chi connectivity index (χ0) is 9.30. The highest BCUT2D eigenvalue weighted by atomic mass is 19.1. The van der Waals surface area contributed by atoms with Crippen molar-refractivity contribution in [2.75, 3.05) is 0 Å². The molecule has 60 valence electrons. The van der Waals surface area contributed by atoms with Crippen LogP contribution in [-0.4, -0.2) is 13.6 Å². The normalized spacial score (nSPS) is 9.92. The molecule has 0 atom stereocenters. The average Bonchev–Trinajstić information content (AvgIpc) is 1.99. The molecule has 0 N–H and O–H groups in total. The van der Waals surface area contributed by atoms with Gasteiger partial charge < -0.3 is 0 Å². The topological polar surface area (TPSA) is 17.1 Å². The third kappa shape index (κ3) is 1.55. The van der Waals surface area contributed by atoms with E-state index in [1.807, 2.05) is 0 Å². The maximum atomic E-state index is 12.9. The summed E-state index contributed by atoms with van der Waals surface area (Å²) >= 11 is 0. The van der Waals surface area contributed by atoms with Crippen molar-refractivity contribution in [1.29, 1.82) is 0 Å². The van der Waals surface area contributed by atoms with E-state index in [0.29, 0.717) is 11.1 Å². The molecule has 1 aromatic carbocycles. The molecule has 3 heteroatoms. The van der Waals surface area contributed by atoms with Gasteiger partial charge in [-0.05, 0) is 26.0 Å². The molecule has 1 nitrogen and oxygen atoms in total. The molecular weight excluding hydrogens is 154 g/mol. The Morgan fingerprint density at radius 3 is 2.50 bits per heavy atom. The maximum Gasteiger partial charge on any atom is 0.159 e. The van der Waals surface area contributed by atoms with Crippen LogP contribution in [0.25, 0.3) is 0 Å². The van der Waals surface area contributed by atoms with E-state index in [9.17, 15) is 9.18 Å². The van der Waals surface area contributed by atoms with E-state index in [1.54, 1.807) is 13.0 Å². The number of halogens is 1. The van der Waals surface area contributed by atoms with Crippen molar-refractivity contribution in [3.05, 3.63) is 29.1 Å². The number of hydrogen-bond donors (Lipinski definition) is 0. The number of carbonyl (C=O) groups is 1. The summed E-state index contributed by atoms with van der Waals surface area (Å²) in [7, 11) is 5.36. The number of rotatable bonds is 1. The van der Waals surface area contributed by atoms with Gasteiger partial charge in [0.15, 0.2) is 5.78 Å². The quantitative estimate of drug-likeness (QED) is 0.446. The second kappa shape index (κ2) is 3.09. The van der Waals surface area contributed by atoms with Crippen molar-refractivity contribution in [3.8, 4) is 0 Å². The minimum absolute atomic E-state index is 0.111. The van der Waals surface area contributed by atoms with Gasteiger partial charge in [0.25, 0.3) is 0 Å². The van der Waals surface area contributed by atoms with Crippen LogP contribution in [0.2, 0.25) is 0 Å². The monoisotopic (exact) mass is 162 g/mol. The minimum atomic E-state index is -0.528. The van der Waals surface area contributed by atoms with Crippen molar-refractivity contribution in [3.63, 3.8) is 0 Å². The molecule has 0 heterocycles. The lowest BCUT2D eigenvalue weighted by molar-refractivity contribution is 0.101. The van der Waals surface area contributed by atoms with Gasteiger partial charge in [0, 0.05) is 5.56 Å². The highest BCUT2D eigenvalue weighted by Crippen LogP contribution is 2.05. The highest BCUT2D eigenvalue weighted by molar-refractivity contribution is 6.33. The van der Waals surface area contributed by atoms with Gasteiger partial charge in [-0.1, -0.05) is 11.0 Å². The van der Waals surface area contributed by atoms with E-state index in [1.165, 1.54) is 6.92 Å². The van der Waals surface area contributed by atoms with Crippen LogP contribution in [0, 0.1) is 12.7 Å². The molecule has 0 aliphatic rings. The van der Waals surface area contributed by atoms with Gasteiger partial charge in [0.05, 0.1) is 0 Å². The smallest absolute Gasteiger partial charge is 0.159 e. The molecule has 0 aromatic heterocycles. The minimum Gasteiger partial charge on any atom is -0.295 e. The van der Waals surface area contributed by atoms with Crippen LogP contribution in [0.4, 0.5) is 4.39 Å². The molecule has 1 aromatic rings. The number of aryl methyl sites for hydroxylation is 1. The lowest BCUT2D eigenvalue weighted by Gasteiger charge is -2.03. The summed E-state index contributed by atoms with van der Waals surface area (Å²) in [6.07, 6.45) is 0. The highest BCUT2D eigenvalue weighted by Gasteiger charge is 2.05. The van der Waals surface area contributed by atoms with Crippen molar-refractivity contribution in [2.24, 2.45) is 0 Å². The largest absolute Gasteiger partial charge is 0.295 e. The van der Waals surface area contributed by atoms with Gasteiger partial charge in [-0.25, -0.2) is 4.39 Å². The van der Waals surface area contributed by atoms with E-state index in [0.717, 1.165) is 6.07 Å². The van der Waals surface area contributed by atoms with Crippen LogP contribution in [0.1, 0.15) is 22.8 Å². The van der Waals surface area contributed by atoms with E-state index in [-0.39, 0.29) is 11.2 Å². The summed E-state index contributed by atoms with van der Waals surface area (Å²) in [4.78, 5) is 10.9. The predicted molar refractivity (Wildman–Crippen MR) is 46.5 cm³/mol. The Balaban J connectivity index is 3.31. The maximum absolute atomic E-state index is 12.9. The first-order valence-corrected chi connectivity index (χ1v) is 3.59. The summed E-state index contributed by atoms with van der Waals surface area (Å²) in [5.41, 5.74) is 1.07. The molecule has 12 heavy (non-hydrogen) atoms. The fourth-order valence-electron chi connectivity index (χ4n) is 0.959. The third-order valence-electron chi connectivity index (χ3n) is 1.74. The van der Waals surface area contributed by atoms with Crippen LogP contribution in [0.3, 0.4) is 0 Å². The Labute approximate surface area is 72.0 Å². The van der Waals surface area contributed by atoms with Crippen LogP contribution < -0.4 is 5.46 Å². The van der Waals surface area contributed by atoms with Crippen LogP contribution in [0.15, 0.2) is 12.1 Å². The van der Waals surface area contributed by atoms with Gasteiger partial charge in [-0.15, -0.1) is 0 Å². The molecule has 0 aliphatic heterocycles. The van der Waals surface area contributed by atoms with Gasteiger partial charge in [0.2, 0.25) is 0 Å². The first-order valence-electron chi connectivity index (χ1n) is 3.59. The van der Waals surface area contributed by atoms with Crippen LogP contribution >= 0.6 is 0 Å². The number of carbonyl (C=O) groups excluding carboxylic acids is 1. The zero-order valence-corrected chi connectivity index (χ0v) is 7.02. The average molecular weight is 162 g/mol. The molecule has 0 amide bonds. The fourth-order valence-corrected chi connectivity index (χ4v) is 0.959. The Morgan fingerprint density at radius 2 is 2.08 bits per heavy atom. The van der Waals surface area contributed by atoms with Gasteiger partial charge in [-0.2, -0.15) is 0 Å². The fraction of sp³-hybridized carbons (Fsp3) is 0.222. The zero-order valence-electron chi connectivity index (χ0n) is 7.02. The SMILES string of the molecule is [B]c1c(C)cc(C(C)=O)cc1F. The van der Waals surface area contributed by atoms with Crippen molar-refractivity contribution >= 4 is 19.1 Å². The molecule has 0 spiro atoms. The third-order valence-corrected chi connectivity index (χ3v) is 1.74. The Bertz CT molecular complexity index is 310.